The molecule has 1 aliphatic carbocycles. The molecule has 0 bridgehead atoms. The molecule has 0 amide bonds. The van der Waals surface area contributed by atoms with Crippen molar-refractivity contribution in [2.45, 2.75) is 33.1 Å². The number of nitro groups is 1. The number of anilines is 1. The Morgan fingerprint density at radius 1 is 1.47 bits per heavy atom. The van der Waals surface area contributed by atoms with E-state index in [1.54, 1.807) is 18.2 Å². The summed E-state index contributed by atoms with van der Waals surface area (Å²) in [6, 6.07) is 5.18. The molecule has 5 nitrogen and oxygen atoms in total. The third-order valence-electron chi connectivity index (χ3n) is 3.45. The van der Waals surface area contributed by atoms with Crippen LogP contribution in [0.3, 0.4) is 0 Å². The first-order valence-corrected chi connectivity index (χ1v) is 6.70. The van der Waals surface area contributed by atoms with E-state index in [1.807, 2.05) is 6.92 Å². The minimum atomic E-state index is -0.372. The van der Waals surface area contributed by atoms with E-state index in [0.717, 1.165) is 13.0 Å². The zero-order chi connectivity index (χ0) is 13.9. The van der Waals surface area contributed by atoms with E-state index in [2.05, 4.69) is 12.2 Å². The highest BCUT2D eigenvalue weighted by Crippen LogP contribution is 2.45. The summed E-state index contributed by atoms with van der Waals surface area (Å²) in [6.45, 7) is 5.41. The molecule has 2 rings (SSSR count). The second-order valence-corrected chi connectivity index (χ2v) is 5.42. The largest absolute Gasteiger partial charge is 0.487 e. The van der Waals surface area contributed by atoms with Crippen molar-refractivity contribution >= 4 is 11.4 Å². The Bertz CT molecular complexity index is 470. The van der Waals surface area contributed by atoms with Gasteiger partial charge in [-0.25, -0.2) is 0 Å². The summed E-state index contributed by atoms with van der Waals surface area (Å²) < 4.78 is 5.45. The highest BCUT2D eigenvalue weighted by Gasteiger charge is 2.37. The number of hydrogen-bond acceptors (Lipinski definition) is 4. The van der Waals surface area contributed by atoms with E-state index >= 15 is 0 Å². The molecule has 1 aromatic carbocycles. The van der Waals surface area contributed by atoms with Crippen molar-refractivity contribution in [2.75, 3.05) is 18.5 Å². The van der Waals surface area contributed by atoms with Crippen LogP contribution in [0.25, 0.3) is 0 Å². The first-order chi connectivity index (χ1) is 9.06. The number of ether oxygens (including phenoxy) is 1. The number of rotatable bonds is 7. The van der Waals surface area contributed by atoms with Gasteiger partial charge in [-0.15, -0.1) is 0 Å². The van der Waals surface area contributed by atoms with Crippen LogP contribution in [0.2, 0.25) is 0 Å². The van der Waals surface area contributed by atoms with Gasteiger partial charge in [0.05, 0.1) is 11.5 Å². The van der Waals surface area contributed by atoms with E-state index < -0.39 is 0 Å². The van der Waals surface area contributed by atoms with Gasteiger partial charge in [-0.05, 0) is 36.8 Å². The van der Waals surface area contributed by atoms with Crippen molar-refractivity contribution in [1.82, 2.24) is 0 Å². The topological polar surface area (TPSA) is 64.4 Å². The number of hydrogen-bond donors (Lipinski definition) is 1. The van der Waals surface area contributed by atoms with E-state index in [1.165, 1.54) is 12.8 Å². The molecule has 0 radical (unpaired) electrons. The molecule has 0 heterocycles. The first kappa shape index (κ1) is 13.6. The van der Waals surface area contributed by atoms with Gasteiger partial charge >= 0.3 is 5.69 Å². The lowest BCUT2D eigenvalue weighted by atomic mass is 10.1. The molecule has 0 unspecified atom stereocenters. The molecular formula is C14H20N2O3. The lowest BCUT2D eigenvalue weighted by Crippen LogP contribution is -2.13. The van der Waals surface area contributed by atoms with Gasteiger partial charge in [0.1, 0.15) is 5.69 Å². The quantitative estimate of drug-likeness (QED) is 0.603. The predicted molar refractivity (Wildman–Crippen MR) is 74.7 cm³/mol. The lowest BCUT2D eigenvalue weighted by Gasteiger charge is -2.13. The van der Waals surface area contributed by atoms with Crippen molar-refractivity contribution in [3.05, 3.63) is 28.3 Å². The normalized spacial score (nSPS) is 15.9. The third kappa shape index (κ3) is 3.36. The van der Waals surface area contributed by atoms with Crippen LogP contribution in [0, 0.1) is 15.5 Å². The molecule has 5 heteroatoms. The molecule has 1 fully saturated rings. The Morgan fingerprint density at radius 3 is 2.79 bits per heavy atom. The molecule has 104 valence electrons. The summed E-state index contributed by atoms with van der Waals surface area (Å²) in [4.78, 5) is 10.9. The SMILES string of the molecule is CCCOc1cccc(NCC2(C)CC2)c1[N+](=O)[O-]. The Labute approximate surface area is 113 Å². The van der Waals surface area contributed by atoms with Crippen LogP contribution in [0.5, 0.6) is 5.75 Å². The maximum atomic E-state index is 11.2. The summed E-state index contributed by atoms with van der Waals surface area (Å²) in [6.07, 6.45) is 3.19. The van der Waals surface area contributed by atoms with Gasteiger partial charge in [0.25, 0.3) is 0 Å². The fourth-order valence-electron chi connectivity index (χ4n) is 1.88. The molecule has 1 saturated carbocycles. The molecule has 0 aliphatic heterocycles. The molecule has 0 atom stereocenters. The Kier molecular flexibility index (Phi) is 3.93. The molecule has 0 aromatic heterocycles. The highest BCUT2D eigenvalue weighted by molar-refractivity contribution is 5.68. The molecular weight excluding hydrogens is 244 g/mol. The zero-order valence-electron chi connectivity index (χ0n) is 11.4. The molecule has 0 spiro atoms. The molecule has 19 heavy (non-hydrogen) atoms. The standard InChI is InChI=1S/C14H20N2O3/c1-3-9-19-12-6-4-5-11(13(12)16(17)18)15-10-14(2)7-8-14/h4-6,15H,3,7-10H2,1-2H3. The number of para-hydroxylation sites is 1. The maximum Gasteiger partial charge on any atom is 0.333 e. The summed E-state index contributed by atoms with van der Waals surface area (Å²) in [5, 5.41) is 14.4. The summed E-state index contributed by atoms with van der Waals surface area (Å²) in [7, 11) is 0. The van der Waals surface area contributed by atoms with Crippen LogP contribution in [0.4, 0.5) is 11.4 Å². The van der Waals surface area contributed by atoms with Gasteiger partial charge in [-0.3, -0.25) is 10.1 Å². The summed E-state index contributed by atoms with van der Waals surface area (Å²) in [5.41, 5.74) is 0.889. The highest BCUT2D eigenvalue weighted by atomic mass is 16.6. The van der Waals surface area contributed by atoms with Gasteiger partial charge in [0, 0.05) is 6.54 Å². The van der Waals surface area contributed by atoms with Crippen LogP contribution in [-0.2, 0) is 0 Å². The number of nitrogens with one attached hydrogen (secondary N) is 1. The number of nitro benzene ring substituents is 1. The van der Waals surface area contributed by atoms with Crippen molar-refractivity contribution in [3.63, 3.8) is 0 Å². The first-order valence-electron chi connectivity index (χ1n) is 6.70. The van der Waals surface area contributed by atoms with Gasteiger partial charge in [-0.1, -0.05) is 19.9 Å². The Morgan fingerprint density at radius 2 is 2.21 bits per heavy atom. The van der Waals surface area contributed by atoms with E-state index in [9.17, 15) is 10.1 Å². The van der Waals surface area contributed by atoms with E-state index in [-0.39, 0.29) is 10.6 Å². The maximum absolute atomic E-state index is 11.2. The zero-order valence-corrected chi connectivity index (χ0v) is 11.4. The van der Waals surface area contributed by atoms with Crippen molar-refractivity contribution < 1.29 is 9.66 Å². The Balaban J connectivity index is 2.18. The van der Waals surface area contributed by atoms with Crippen molar-refractivity contribution in [1.29, 1.82) is 0 Å². The molecule has 0 saturated heterocycles. The second kappa shape index (κ2) is 5.47. The smallest absolute Gasteiger partial charge is 0.333 e. The second-order valence-electron chi connectivity index (χ2n) is 5.42. The van der Waals surface area contributed by atoms with E-state index in [4.69, 9.17) is 4.74 Å². The van der Waals surface area contributed by atoms with Crippen LogP contribution in [-0.4, -0.2) is 18.1 Å². The number of nitrogens with zero attached hydrogens (tertiary/aromatic N) is 1. The minimum absolute atomic E-state index is 0.0419. The lowest BCUT2D eigenvalue weighted by molar-refractivity contribution is -0.385. The Hall–Kier alpha value is -1.78. The van der Waals surface area contributed by atoms with E-state index in [0.29, 0.717) is 23.5 Å². The van der Waals surface area contributed by atoms with Crippen molar-refractivity contribution in [2.24, 2.45) is 5.41 Å². The van der Waals surface area contributed by atoms with Crippen LogP contribution in [0.15, 0.2) is 18.2 Å². The van der Waals surface area contributed by atoms with Gasteiger partial charge in [0.2, 0.25) is 0 Å². The molecule has 1 aliphatic rings. The third-order valence-corrected chi connectivity index (χ3v) is 3.45. The molecule has 1 N–H and O–H groups in total. The summed E-state index contributed by atoms with van der Waals surface area (Å²) in [5.74, 6) is 0.345. The van der Waals surface area contributed by atoms with Gasteiger partial charge < -0.3 is 10.1 Å². The monoisotopic (exact) mass is 264 g/mol. The fraction of sp³-hybridized carbons (Fsp3) is 0.571. The minimum Gasteiger partial charge on any atom is -0.487 e. The average molecular weight is 264 g/mol. The van der Waals surface area contributed by atoms with Gasteiger partial charge in [0.15, 0.2) is 5.75 Å². The average Bonchev–Trinajstić information content (AvgIpc) is 3.12. The fourth-order valence-corrected chi connectivity index (χ4v) is 1.88. The number of benzene rings is 1. The van der Waals surface area contributed by atoms with Gasteiger partial charge in [-0.2, -0.15) is 0 Å². The van der Waals surface area contributed by atoms with Crippen molar-refractivity contribution in [3.8, 4) is 5.75 Å². The van der Waals surface area contributed by atoms with Crippen LogP contribution in [0.1, 0.15) is 33.1 Å². The van der Waals surface area contributed by atoms with Crippen LogP contribution >= 0.6 is 0 Å². The predicted octanol–water partition coefficient (Wildman–Crippen LogP) is 3.60. The molecule has 1 aromatic rings. The summed E-state index contributed by atoms with van der Waals surface area (Å²) >= 11 is 0. The van der Waals surface area contributed by atoms with Crippen LogP contribution < -0.4 is 10.1 Å².